The minimum Gasteiger partial charge on any atom is -0.494 e. The quantitative estimate of drug-likeness (QED) is 0.201. The summed E-state index contributed by atoms with van der Waals surface area (Å²) in [5, 5.41) is 0. The lowest BCUT2D eigenvalue weighted by Gasteiger charge is -2.13. The maximum Gasteiger partial charge on any atom is 0.389 e. The molecule has 2 rings (SSSR count). The van der Waals surface area contributed by atoms with Gasteiger partial charge in [-0.2, -0.15) is 13.2 Å². The SMILES string of the molecule is O=C(OF)C(=C(CF)Oc1ccc(OCCCCC(F)(F)F)cc1)c1ccccc1. The largest absolute Gasteiger partial charge is 0.494 e. The van der Waals surface area contributed by atoms with Crippen LogP contribution in [0.25, 0.3) is 5.57 Å². The first-order valence-corrected chi connectivity index (χ1v) is 8.99. The number of rotatable bonds is 10. The molecule has 0 aromatic heterocycles. The average Bonchev–Trinajstić information content (AvgIpc) is 2.73. The van der Waals surface area contributed by atoms with Crippen LogP contribution < -0.4 is 9.47 Å². The Labute approximate surface area is 169 Å². The van der Waals surface area contributed by atoms with E-state index < -0.39 is 36.6 Å². The summed E-state index contributed by atoms with van der Waals surface area (Å²) in [4.78, 5) is 15.1. The van der Waals surface area contributed by atoms with Gasteiger partial charge in [0.1, 0.15) is 23.7 Å². The maximum absolute atomic E-state index is 13.6. The van der Waals surface area contributed by atoms with Gasteiger partial charge in [0.05, 0.1) is 6.61 Å². The Bertz CT molecular complexity index is 833. The van der Waals surface area contributed by atoms with Gasteiger partial charge >= 0.3 is 12.1 Å². The second-order valence-electron chi connectivity index (χ2n) is 6.16. The molecule has 30 heavy (non-hydrogen) atoms. The van der Waals surface area contributed by atoms with Crippen molar-refractivity contribution < 1.29 is 41.3 Å². The normalized spacial score (nSPS) is 12.2. The number of allylic oxidation sites excluding steroid dienone is 1. The summed E-state index contributed by atoms with van der Waals surface area (Å²) < 4.78 is 73.1. The summed E-state index contributed by atoms with van der Waals surface area (Å²) in [6.45, 7) is -1.09. The van der Waals surface area contributed by atoms with Crippen LogP contribution in [0.15, 0.2) is 60.4 Å². The summed E-state index contributed by atoms with van der Waals surface area (Å²) in [5.74, 6) is -1.31. The molecule has 0 fully saturated rings. The Balaban J connectivity index is 2.04. The summed E-state index contributed by atoms with van der Waals surface area (Å²) in [5.41, 5.74) is -0.183. The molecule has 0 atom stereocenters. The molecule has 4 nitrogen and oxygen atoms in total. The molecule has 0 aliphatic rings. The van der Waals surface area contributed by atoms with Crippen LogP contribution in [0.4, 0.5) is 22.1 Å². The van der Waals surface area contributed by atoms with E-state index in [-0.39, 0.29) is 30.8 Å². The van der Waals surface area contributed by atoms with E-state index in [1.165, 1.54) is 36.4 Å². The first-order valence-electron chi connectivity index (χ1n) is 8.99. The summed E-state index contributed by atoms with van der Waals surface area (Å²) >= 11 is 0. The molecule has 2 aromatic carbocycles. The molecule has 0 heterocycles. The van der Waals surface area contributed by atoms with Crippen molar-refractivity contribution in [2.24, 2.45) is 0 Å². The van der Waals surface area contributed by atoms with Crippen LogP contribution in [-0.4, -0.2) is 25.4 Å². The number of ether oxygens (including phenoxy) is 2. The van der Waals surface area contributed by atoms with Gasteiger partial charge in [-0.15, -0.1) is 0 Å². The monoisotopic (exact) mass is 430 g/mol. The van der Waals surface area contributed by atoms with Gasteiger partial charge in [-0.3, -0.25) is 0 Å². The zero-order chi connectivity index (χ0) is 22.0. The minimum atomic E-state index is -4.19. The van der Waals surface area contributed by atoms with E-state index >= 15 is 0 Å². The Hall–Kier alpha value is -3.10. The molecule has 162 valence electrons. The van der Waals surface area contributed by atoms with Crippen LogP contribution in [0.1, 0.15) is 24.8 Å². The van der Waals surface area contributed by atoms with Crippen molar-refractivity contribution in [1.82, 2.24) is 0 Å². The van der Waals surface area contributed by atoms with Gasteiger partial charge in [-0.25, -0.2) is 14.1 Å². The van der Waals surface area contributed by atoms with Crippen LogP contribution in [0, 0.1) is 0 Å². The molecule has 2 aromatic rings. The molecule has 0 spiro atoms. The maximum atomic E-state index is 13.6. The molecule has 0 amide bonds. The third-order valence-corrected chi connectivity index (χ3v) is 3.92. The fraction of sp³-hybridized carbons (Fsp3) is 0.286. The smallest absolute Gasteiger partial charge is 0.389 e. The fourth-order valence-electron chi connectivity index (χ4n) is 2.54. The highest BCUT2D eigenvalue weighted by Crippen LogP contribution is 2.26. The van der Waals surface area contributed by atoms with Crippen molar-refractivity contribution in [2.75, 3.05) is 13.3 Å². The van der Waals surface area contributed by atoms with E-state index in [2.05, 4.69) is 4.94 Å². The van der Waals surface area contributed by atoms with Crippen LogP contribution in [0.3, 0.4) is 0 Å². The van der Waals surface area contributed by atoms with Crippen LogP contribution in [-0.2, 0) is 9.74 Å². The Morgan fingerprint density at radius 1 is 0.900 bits per heavy atom. The van der Waals surface area contributed by atoms with Crippen molar-refractivity contribution in [2.45, 2.75) is 25.4 Å². The van der Waals surface area contributed by atoms with E-state index in [9.17, 15) is 26.9 Å². The molecule has 0 saturated heterocycles. The van der Waals surface area contributed by atoms with Gasteiger partial charge in [0, 0.05) is 10.9 Å². The first-order chi connectivity index (χ1) is 14.3. The number of hydrogen-bond donors (Lipinski definition) is 0. The zero-order valence-electron chi connectivity index (χ0n) is 15.8. The highest BCUT2D eigenvalue weighted by molar-refractivity contribution is 6.17. The molecular weight excluding hydrogens is 411 g/mol. The van der Waals surface area contributed by atoms with Crippen molar-refractivity contribution in [3.63, 3.8) is 0 Å². The Morgan fingerprint density at radius 2 is 1.53 bits per heavy atom. The van der Waals surface area contributed by atoms with Gasteiger partial charge in [0.15, 0.2) is 5.76 Å². The van der Waals surface area contributed by atoms with Gasteiger partial charge in [0.2, 0.25) is 0 Å². The predicted octanol–water partition coefficient (Wildman–Crippen LogP) is 5.99. The van der Waals surface area contributed by atoms with E-state index in [1.807, 2.05) is 0 Å². The van der Waals surface area contributed by atoms with E-state index in [0.29, 0.717) is 5.75 Å². The van der Waals surface area contributed by atoms with Crippen molar-refractivity contribution >= 4 is 11.5 Å². The Kier molecular flexibility index (Phi) is 8.64. The van der Waals surface area contributed by atoms with E-state index in [1.54, 1.807) is 18.2 Å². The van der Waals surface area contributed by atoms with Crippen LogP contribution in [0.2, 0.25) is 0 Å². The molecule has 0 saturated carbocycles. The lowest BCUT2D eigenvalue weighted by atomic mass is 10.1. The molecular formula is C21H19F5O4. The number of alkyl halides is 4. The molecule has 0 N–H and O–H groups in total. The highest BCUT2D eigenvalue weighted by atomic mass is 19.4. The molecule has 0 bridgehead atoms. The topological polar surface area (TPSA) is 44.8 Å². The molecule has 0 aliphatic heterocycles. The predicted molar refractivity (Wildman–Crippen MR) is 99.0 cm³/mol. The third-order valence-electron chi connectivity index (χ3n) is 3.92. The number of hydrogen-bond acceptors (Lipinski definition) is 4. The van der Waals surface area contributed by atoms with E-state index in [0.717, 1.165) is 0 Å². The third kappa shape index (κ3) is 7.38. The van der Waals surface area contributed by atoms with Gasteiger partial charge in [0.25, 0.3) is 0 Å². The number of carbonyl (C=O) groups is 1. The molecule has 9 heteroatoms. The number of carbonyl (C=O) groups excluding carboxylic acids is 1. The van der Waals surface area contributed by atoms with Gasteiger partial charge in [-0.1, -0.05) is 30.3 Å². The van der Waals surface area contributed by atoms with Crippen molar-refractivity contribution in [3.8, 4) is 11.5 Å². The summed E-state index contributed by atoms with van der Waals surface area (Å²) in [7, 11) is 0. The van der Waals surface area contributed by atoms with Crippen LogP contribution in [0.5, 0.6) is 11.5 Å². The first kappa shape index (κ1) is 23.2. The van der Waals surface area contributed by atoms with Crippen molar-refractivity contribution in [1.29, 1.82) is 0 Å². The second kappa shape index (κ2) is 11.2. The lowest BCUT2D eigenvalue weighted by molar-refractivity contribution is -0.175. The fourth-order valence-corrected chi connectivity index (χ4v) is 2.54. The lowest BCUT2D eigenvalue weighted by Crippen LogP contribution is -2.11. The second-order valence-corrected chi connectivity index (χ2v) is 6.16. The van der Waals surface area contributed by atoms with Crippen molar-refractivity contribution in [3.05, 3.63) is 65.9 Å². The molecule has 0 radical (unpaired) electrons. The zero-order valence-corrected chi connectivity index (χ0v) is 15.8. The highest BCUT2D eigenvalue weighted by Gasteiger charge is 2.26. The molecule has 0 unspecified atom stereocenters. The standard InChI is InChI=1S/C21H19F5O4/c22-14-18(19(20(27)30-26)15-6-2-1-3-7-15)29-17-10-8-16(9-11-17)28-13-5-4-12-21(23,24)25/h1-3,6-11H,4-5,12-14H2. The summed E-state index contributed by atoms with van der Waals surface area (Å²) in [6.07, 6.45) is -4.86. The number of unbranched alkanes of at least 4 members (excludes halogenated alkanes) is 1. The summed E-state index contributed by atoms with van der Waals surface area (Å²) in [6, 6.07) is 13.6. The number of benzene rings is 2. The van der Waals surface area contributed by atoms with E-state index in [4.69, 9.17) is 9.47 Å². The van der Waals surface area contributed by atoms with Gasteiger partial charge < -0.3 is 9.47 Å². The van der Waals surface area contributed by atoms with Crippen LogP contribution >= 0.6 is 0 Å². The average molecular weight is 430 g/mol. The van der Waals surface area contributed by atoms with Gasteiger partial charge in [-0.05, 0) is 42.7 Å². The Morgan fingerprint density at radius 3 is 2.10 bits per heavy atom. The minimum absolute atomic E-state index is 0.0394. The number of halogens is 5. The molecule has 0 aliphatic carbocycles.